The van der Waals surface area contributed by atoms with E-state index in [-0.39, 0.29) is 30.2 Å². The summed E-state index contributed by atoms with van der Waals surface area (Å²) in [4.78, 5) is 30.7. The number of carbonyl (C=O) groups is 2. The minimum Gasteiger partial charge on any atom is -0.464 e. The van der Waals surface area contributed by atoms with Crippen molar-refractivity contribution in [3.63, 3.8) is 0 Å². The standard InChI is InChI=1S/C15H24N4O6/c1-15(2,3)25-14(23)17-6-5-9(20)11(21)8-7-18-12(16)10(19-8)13(22)24-4/h7,9,11,20-21H,5-6H2,1-4H3,(H2,16,18)(H,17,23). The van der Waals surface area contributed by atoms with E-state index >= 15 is 0 Å². The molecule has 0 bridgehead atoms. The number of anilines is 1. The number of rotatable bonds is 6. The topological polar surface area (TPSA) is 157 Å². The Bertz CT molecular complexity index is 617. The minimum atomic E-state index is -1.42. The Balaban J connectivity index is 2.63. The van der Waals surface area contributed by atoms with Gasteiger partial charge in [-0.15, -0.1) is 0 Å². The van der Waals surface area contributed by atoms with Crippen LogP contribution in [-0.4, -0.2) is 57.6 Å². The van der Waals surface area contributed by atoms with Crippen molar-refractivity contribution in [1.29, 1.82) is 0 Å². The number of aliphatic hydroxyl groups excluding tert-OH is 2. The smallest absolute Gasteiger partial charge is 0.407 e. The first-order valence-corrected chi connectivity index (χ1v) is 7.59. The molecular formula is C15H24N4O6. The van der Waals surface area contributed by atoms with Gasteiger partial charge in [0.2, 0.25) is 0 Å². The van der Waals surface area contributed by atoms with Gasteiger partial charge in [0.15, 0.2) is 11.5 Å². The normalized spacial score (nSPS) is 13.7. The molecule has 0 aliphatic rings. The molecule has 1 aromatic heterocycles. The second-order valence-electron chi connectivity index (χ2n) is 6.25. The Morgan fingerprint density at radius 2 is 2.00 bits per heavy atom. The first-order valence-electron chi connectivity index (χ1n) is 7.59. The van der Waals surface area contributed by atoms with Crippen molar-refractivity contribution >= 4 is 17.9 Å². The third-order valence-electron chi connectivity index (χ3n) is 2.97. The van der Waals surface area contributed by atoms with Gasteiger partial charge in [0.1, 0.15) is 11.7 Å². The average Bonchev–Trinajstić information content (AvgIpc) is 2.52. The van der Waals surface area contributed by atoms with Crippen LogP contribution in [0.15, 0.2) is 6.20 Å². The molecule has 0 radical (unpaired) electrons. The van der Waals surface area contributed by atoms with E-state index in [0.717, 1.165) is 13.3 Å². The van der Waals surface area contributed by atoms with E-state index in [1.54, 1.807) is 20.8 Å². The van der Waals surface area contributed by atoms with E-state index in [9.17, 15) is 19.8 Å². The maximum atomic E-state index is 11.5. The molecule has 0 aromatic carbocycles. The summed E-state index contributed by atoms with van der Waals surface area (Å²) in [6.45, 7) is 5.25. The molecule has 2 unspecified atom stereocenters. The van der Waals surface area contributed by atoms with Crippen LogP contribution in [0, 0.1) is 0 Å². The third-order valence-corrected chi connectivity index (χ3v) is 2.97. The number of nitrogens with zero attached hydrogens (tertiary/aromatic N) is 2. The summed E-state index contributed by atoms with van der Waals surface area (Å²) in [6, 6.07) is 0. The van der Waals surface area contributed by atoms with Crippen LogP contribution in [0.25, 0.3) is 0 Å². The molecule has 1 aromatic rings. The highest BCUT2D eigenvalue weighted by Crippen LogP contribution is 2.18. The lowest BCUT2D eigenvalue weighted by Crippen LogP contribution is -2.34. The number of nitrogens with two attached hydrogens (primary N) is 1. The zero-order valence-corrected chi connectivity index (χ0v) is 14.6. The molecule has 0 saturated carbocycles. The van der Waals surface area contributed by atoms with Crippen LogP contribution in [0.3, 0.4) is 0 Å². The Hall–Kier alpha value is -2.46. The van der Waals surface area contributed by atoms with Crippen LogP contribution in [-0.2, 0) is 9.47 Å². The monoisotopic (exact) mass is 356 g/mol. The fraction of sp³-hybridized carbons (Fsp3) is 0.600. The predicted octanol–water partition coefficient (Wildman–Crippen LogP) is 0.154. The highest BCUT2D eigenvalue weighted by Gasteiger charge is 2.24. The zero-order chi connectivity index (χ0) is 19.2. The summed E-state index contributed by atoms with van der Waals surface area (Å²) in [5.74, 6) is -0.955. The molecular weight excluding hydrogens is 332 g/mol. The lowest BCUT2D eigenvalue weighted by atomic mass is 10.1. The zero-order valence-electron chi connectivity index (χ0n) is 14.6. The summed E-state index contributed by atoms with van der Waals surface area (Å²) < 4.78 is 9.57. The van der Waals surface area contributed by atoms with Crippen LogP contribution in [0.5, 0.6) is 0 Å². The van der Waals surface area contributed by atoms with Crippen LogP contribution >= 0.6 is 0 Å². The number of esters is 1. The van der Waals surface area contributed by atoms with E-state index in [1.165, 1.54) is 0 Å². The SMILES string of the molecule is COC(=O)c1nc(C(O)C(O)CCNC(=O)OC(C)(C)C)cnc1N. The highest BCUT2D eigenvalue weighted by atomic mass is 16.6. The number of ether oxygens (including phenoxy) is 2. The first kappa shape index (κ1) is 20.6. The highest BCUT2D eigenvalue weighted by molar-refractivity contribution is 5.91. The van der Waals surface area contributed by atoms with Gasteiger partial charge in [-0.25, -0.2) is 19.6 Å². The lowest BCUT2D eigenvalue weighted by molar-refractivity contribution is 0.00949. The summed E-state index contributed by atoms with van der Waals surface area (Å²) in [6.07, 6.45) is -2.12. The summed E-state index contributed by atoms with van der Waals surface area (Å²) in [7, 11) is 1.16. The molecule has 25 heavy (non-hydrogen) atoms. The van der Waals surface area contributed by atoms with Crippen molar-refractivity contribution in [1.82, 2.24) is 15.3 Å². The average molecular weight is 356 g/mol. The maximum absolute atomic E-state index is 11.5. The predicted molar refractivity (Wildman–Crippen MR) is 87.6 cm³/mol. The number of carbonyl (C=O) groups excluding carboxylic acids is 2. The quantitative estimate of drug-likeness (QED) is 0.521. The van der Waals surface area contributed by atoms with Gasteiger partial charge in [0.25, 0.3) is 0 Å². The number of nitrogen functional groups attached to an aromatic ring is 1. The minimum absolute atomic E-state index is 0.0278. The molecule has 0 aliphatic heterocycles. The molecule has 2 atom stereocenters. The van der Waals surface area contributed by atoms with Gasteiger partial charge in [-0.05, 0) is 27.2 Å². The molecule has 1 amide bonds. The number of nitrogens with one attached hydrogen (secondary N) is 1. The number of amides is 1. The molecule has 1 rings (SSSR count). The van der Waals surface area contributed by atoms with Gasteiger partial charge >= 0.3 is 12.1 Å². The number of aliphatic hydroxyl groups is 2. The summed E-state index contributed by atoms with van der Waals surface area (Å²) >= 11 is 0. The van der Waals surface area contributed by atoms with Crippen molar-refractivity contribution in [3.8, 4) is 0 Å². The fourth-order valence-corrected chi connectivity index (χ4v) is 1.79. The van der Waals surface area contributed by atoms with E-state index < -0.39 is 29.9 Å². The number of aromatic nitrogens is 2. The Morgan fingerprint density at radius 3 is 2.56 bits per heavy atom. The number of methoxy groups -OCH3 is 1. The molecule has 140 valence electrons. The van der Waals surface area contributed by atoms with Crippen molar-refractivity contribution in [3.05, 3.63) is 17.6 Å². The molecule has 0 spiro atoms. The molecule has 5 N–H and O–H groups in total. The molecule has 10 nitrogen and oxygen atoms in total. The van der Waals surface area contributed by atoms with E-state index in [1.807, 2.05) is 0 Å². The summed E-state index contributed by atoms with van der Waals surface area (Å²) in [5.41, 5.74) is 4.60. The Kier molecular flexibility index (Phi) is 7.07. The van der Waals surface area contributed by atoms with Crippen LogP contribution in [0.2, 0.25) is 0 Å². The van der Waals surface area contributed by atoms with E-state index in [2.05, 4.69) is 20.0 Å². The number of hydrogen-bond donors (Lipinski definition) is 4. The second-order valence-corrected chi connectivity index (χ2v) is 6.25. The number of alkyl carbamates (subject to hydrolysis) is 1. The molecule has 0 saturated heterocycles. The van der Waals surface area contributed by atoms with Crippen LogP contribution in [0.1, 0.15) is 49.5 Å². The lowest BCUT2D eigenvalue weighted by Gasteiger charge is -2.21. The van der Waals surface area contributed by atoms with Crippen LogP contribution < -0.4 is 11.1 Å². The van der Waals surface area contributed by atoms with Gasteiger partial charge in [-0.1, -0.05) is 0 Å². The van der Waals surface area contributed by atoms with Gasteiger partial charge in [0.05, 0.1) is 25.1 Å². The van der Waals surface area contributed by atoms with Crippen molar-refractivity contribution in [2.75, 3.05) is 19.4 Å². The Labute approximate surface area is 145 Å². The first-order chi connectivity index (χ1) is 11.5. The van der Waals surface area contributed by atoms with Crippen molar-refractivity contribution in [2.24, 2.45) is 0 Å². The van der Waals surface area contributed by atoms with E-state index in [4.69, 9.17) is 10.5 Å². The molecule has 10 heteroatoms. The van der Waals surface area contributed by atoms with Crippen molar-refractivity contribution in [2.45, 2.75) is 45.0 Å². The van der Waals surface area contributed by atoms with Gasteiger partial charge in [0, 0.05) is 6.54 Å². The van der Waals surface area contributed by atoms with E-state index in [0.29, 0.717) is 0 Å². The van der Waals surface area contributed by atoms with Crippen molar-refractivity contribution < 1.29 is 29.3 Å². The van der Waals surface area contributed by atoms with Crippen LogP contribution in [0.4, 0.5) is 10.6 Å². The fourth-order valence-electron chi connectivity index (χ4n) is 1.79. The van der Waals surface area contributed by atoms with Gasteiger partial charge in [-0.3, -0.25) is 0 Å². The molecule has 0 aliphatic carbocycles. The third kappa shape index (κ3) is 6.51. The van der Waals surface area contributed by atoms with Gasteiger partial charge in [-0.2, -0.15) is 0 Å². The second kappa shape index (κ2) is 8.58. The largest absolute Gasteiger partial charge is 0.464 e. The number of hydrogen-bond acceptors (Lipinski definition) is 9. The summed E-state index contributed by atoms with van der Waals surface area (Å²) in [5, 5.41) is 22.6. The molecule has 1 heterocycles. The molecule has 0 fully saturated rings. The van der Waals surface area contributed by atoms with Gasteiger partial charge < -0.3 is 30.7 Å². The maximum Gasteiger partial charge on any atom is 0.407 e. The Morgan fingerprint density at radius 1 is 1.36 bits per heavy atom.